The maximum Gasteiger partial charge on any atom is 0.224 e. The molecule has 0 spiro atoms. The van der Waals surface area contributed by atoms with Gasteiger partial charge in [0, 0.05) is 23.7 Å². The Kier molecular flexibility index (Phi) is 4.04. The molecule has 2 aromatic rings. The van der Waals surface area contributed by atoms with Crippen LogP contribution >= 0.6 is 0 Å². The Labute approximate surface area is 130 Å². The van der Waals surface area contributed by atoms with Crippen molar-refractivity contribution in [2.75, 3.05) is 13.7 Å². The first-order valence-corrected chi connectivity index (χ1v) is 7.30. The highest BCUT2D eigenvalue weighted by molar-refractivity contribution is 5.51. The fraction of sp³-hybridized carbons (Fsp3) is 0.353. The molecule has 22 heavy (non-hydrogen) atoms. The average Bonchev–Trinajstić information content (AvgIpc) is 3.33. The molecular weight excluding hydrogens is 278 g/mol. The van der Waals surface area contributed by atoms with Crippen molar-refractivity contribution in [1.82, 2.24) is 15.0 Å². The lowest BCUT2D eigenvalue weighted by Gasteiger charge is -2.08. The van der Waals surface area contributed by atoms with Crippen molar-refractivity contribution >= 4 is 6.08 Å². The summed E-state index contributed by atoms with van der Waals surface area (Å²) in [6.07, 6.45) is 6.30. The maximum absolute atomic E-state index is 5.85. The van der Waals surface area contributed by atoms with E-state index < -0.39 is 0 Å². The standard InChI is InChI=1S/C17H19N3O2/c1-4-12-8-18-11(2)20-17(12)22-10-13-7-15(13)16-6-5-14(21-3)9-19-16/h4-6,8-9,13,15H,1,7,10H2,2-3H3. The molecule has 0 aromatic carbocycles. The second-order valence-corrected chi connectivity index (χ2v) is 5.42. The highest BCUT2D eigenvalue weighted by Gasteiger charge is 2.40. The van der Waals surface area contributed by atoms with Gasteiger partial charge < -0.3 is 9.47 Å². The van der Waals surface area contributed by atoms with Crippen LogP contribution in [-0.2, 0) is 0 Å². The molecule has 1 aliphatic carbocycles. The highest BCUT2D eigenvalue weighted by atomic mass is 16.5. The van der Waals surface area contributed by atoms with E-state index in [1.165, 1.54) is 0 Å². The molecule has 2 atom stereocenters. The van der Waals surface area contributed by atoms with Gasteiger partial charge in [0.2, 0.25) is 5.88 Å². The largest absolute Gasteiger partial charge is 0.495 e. The Bertz CT molecular complexity index is 670. The normalized spacial score (nSPS) is 19.5. The minimum Gasteiger partial charge on any atom is -0.495 e. The van der Waals surface area contributed by atoms with Crippen molar-refractivity contribution in [1.29, 1.82) is 0 Å². The molecule has 2 aromatic heterocycles. The van der Waals surface area contributed by atoms with E-state index in [0.29, 0.717) is 30.1 Å². The van der Waals surface area contributed by atoms with Gasteiger partial charge in [-0.25, -0.2) is 4.98 Å². The van der Waals surface area contributed by atoms with Crippen molar-refractivity contribution in [3.63, 3.8) is 0 Å². The fourth-order valence-electron chi connectivity index (χ4n) is 2.43. The Hall–Kier alpha value is -2.43. The zero-order valence-corrected chi connectivity index (χ0v) is 12.8. The second-order valence-electron chi connectivity index (χ2n) is 5.42. The van der Waals surface area contributed by atoms with Gasteiger partial charge in [-0.1, -0.05) is 12.7 Å². The van der Waals surface area contributed by atoms with Crippen molar-refractivity contribution in [3.8, 4) is 11.6 Å². The predicted octanol–water partition coefficient (Wildman–Crippen LogP) is 3.01. The van der Waals surface area contributed by atoms with E-state index in [1.807, 2.05) is 19.1 Å². The molecule has 5 heteroatoms. The Morgan fingerprint density at radius 1 is 1.32 bits per heavy atom. The first-order chi connectivity index (χ1) is 10.7. The highest BCUT2D eigenvalue weighted by Crippen LogP contribution is 2.46. The summed E-state index contributed by atoms with van der Waals surface area (Å²) < 4.78 is 11.0. The summed E-state index contributed by atoms with van der Waals surface area (Å²) in [7, 11) is 1.64. The second kappa shape index (κ2) is 6.13. The Morgan fingerprint density at radius 3 is 2.86 bits per heavy atom. The Morgan fingerprint density at radius 2 is 2.18 bits per heavy atom. The molecule has 2 unspecified atom stereocenters. The van der Waals surface area contributed by atoms with Crippen LogP contribution in [0, 0.1) is 12.8 Å². The molecule has 0 N–H and O–H groups in total. The van der Waals surface area contributed by atoms with Gasteiger partial charge >= 0.3 is 0 Å². The quantitative estimate of drug-likeness (QED) is 0.820. The summed E-state index contributed by atoms with van der Waals surface area (Å²) in [5.74, 6) is 3.03. The van der Waals surface area contributed by atoms with Crippen molar-refractivity contribution < 1.29 is 9.47 Å². The monoisotopic (exact) mass is 297 g/mol. The van der Waals surface area contributed by atoms with E-state index in [1.54, 1.807) is 25.6 Å². The van der Waals surface area contributed by atoms with E-state index in [2.05, 4.69) is 21.5 Å². The van der Waals surface area contributed by atoms with Gasteiger partial charge in [0.1, 0.15) is 11.6 Å². The maximum atomic E-state index is 5.85. The number of hydrogen-bond acceptors (Lipinski definition) is 5. The molecule has 2 heterocycles. The van der Waals surface area contributed by atoms with Gasteiger partial charge in [-0.05, 0) is 25.5 Å². The summed E-state index contributed by atoms with van der Waals surface area (Å²) in [6, 6.07) is 3.97. The number of nitrogens with zero attached hydrogens (tertiary/aromatic N) is 3. The zero-order valence-electron chi connectivity index (χ0n) is 12.8. The predicted molar refractivity (Wildman–Crippen MR) is 84.0 cm³/mol. The Balaban J connectivity index is 1.60. The molecular formula is C17H19N3O2. The van der Waals surface area contributed by atoms with Gasteiger partial charge in [0.15, 0.2) is 0 Å². The summed E-state index contributed by atoms with van der Waals surface area (Å²) in [5.41, 5.74) is 1.92. The van der Waals surface area contributed by atoms with Gasteiger partial charge in [-0.3, -0.25) is 4.98 Å². The minimum absolute atomic E-state index is 0.459. The van der Waals surface area contributed by atoms with Crippen LogP contribution < -0.4 is 9.47 Å². The molecule has 0 saturated heterocycles. The zero-order chi connectivity index (χ0) is 15.5. The van der Waals surface area contributed by atoms with Crippen molar-refractivity contribution in [3.05, 3.63) is 48.2 Å². The molecule has 0 radical (unpaired) electrons. The number of pyridine rings is 1. The van der Waals surface area contributed by atoms with E-state index >= 15 is 0 Å². The SMILES string of the molecule is C=Cc1cnc(C)nc1OCC1CC1c1ccc(OC)cn1. The van der Waals surface area contributed by atoms with Gasteiger partial charge in [-0.15, -0.1) is 0 Å². The lowest BCUT2D eigenvalue weighted by Crippen LogP contribution is -2.05. The number of hydrogen-bond donors (Lipinski definition) is 0. The van der Waals surface area contributed by atoms with Crippen LogP contribution in [0.15, 0.2) is 31.1 Å². The minimum atomic E-state index is 0.459. The molecule has 0 aliphatic heterocycles. The van der Waals surface area contributed by atoms with Crippen LogP contribution in [-0.4, -0.2) is 28.7 Å². The van der Waals surface area contributed by atoms with E-state index in [0.717, 1.165) is 23.4 Å². The lowest BCUT2D eigenvalue weighted by atomic mass is 10.2. The van der Waals surface area contributed by atoms with Crippen LogP contribution in [0.4, 0.5) is 0 Å². The summed E-state index contributed by atoms with van der Waals surface area (Å²) >= 11 is 0. The first kappa shape index (κ1) is 14.5. The molecule has 1 saturated carbocycles. The van der Waals surface area contributed by atoms with Gasteiger partial charge in [-0.2, -0.15) is 4.98 Å². The number of methoxy groups -OCH3 is 1. The van der Waals surface area contributed by atoms with Crippen LogP contribution in [0.25, 0.3) is 6.08 Å². The summed E-state index contributed by atoms with van der Waals surface area (Å²) in [5, 5.41) is 0. The molecule has 5 nitrogen and oxygen atoms in total. The van der Waals surface area contributed by atoms with Crippen molar-refractivity contribution in [2.24, 2.45) is 5.92 Å². The van der Waals surface area contributed by atoms with E-state index in [-0.39, 0.29) is 0 Å². The summed E-state index contributed by atoms with van der Waals surface area (Å²) in [6.45, 7) is 6.24. The summed E-state index contributed by atoms with van der Waals surface area (Å²) in [4.78, 5) is 12.9. The molecule has 114 valence electrons. The van der Waals surface area contributed by atoms with Crippen LogP contribution in [0.5, 0.6) is 11.6 Å². The van der Waals surface area contributed by atoms with E-state index in [4.69, 9.17) is 9.47 Å². The van der Waals surface area contributed by atoms with Crippen LogP contribution in [0.1, 0.15) is 29.4 Å². The first-order valence-electron chi connectivity index (χ1n) is 7.30. The van der Waals surface area contributed by atoms with Crippen LogP contribution in [0.3, 0.4) is 0 Å². The van der Waals surface area contributed by atoms with Gasteiger partial charge in [0.25, 0.3) is 0 Å². The van der Waals surface area contributed by atoms with Gasteiger partial charge in [0.05, 0.1) is 25.5 Å². The number of rotatable bonds is 6. The molecule has 1 fully saturated rings. The third-order valence-corrected chi connectivity index (χ3v) is 3.85. The van der Waals surface area contributed by atoms with Crippen LogP contribution in [0.2, 0.25) is 0 Å². The number of ether oxygens (including phenoxy) is 2. The molecule has 3 rings (SSSR count). The molecule has 1 aliphatic rings. The van der Waals surface area contributed by atoms with E-state index in [9.17, 15) is 0 Å². The van der Waals surface area contributed by atoms with Crippen molar-refractivity contribution in [2.45, 2.75) is 19.3 Å². The fourth-order valence-corrected chi connectivity index (χ4v) is 2.43. The number of aryl methyl sites for hydroxylation is 1. The third kappa shape index (κ3) is 3.08. The lowest BCUT2D eigenvalue weighted by molar-refractivity contribution is 0.283. The number of aromatic nitrogens is 3. The third-order valence-electron chi connectivity index (χ3n) is 3.85. The smallest absolute Gasteiger partial charge is 0.224 e. The average molecular weight is 297 g/mol. The molecule has 0 bridgehead atoms. The molecule has 0 amide bonds. The topological polar surface area (TPSA) is 57.1 Å².